The first-order valence-electron chi connectivity index (χ1n) is 6.10. The standard InChI is InChI=1S/C14H13ClN2O4/c1-9(15)6-17-12(7-21-8-13(18)19)16-11-5-3-2-4-10(11)14(17)20/h2-5H,1,6-8H2,(H,18,19). The molecule has 0 atom stereocenters. The topological polar surface area (TPSA) is 81.4 Å². The van der Waals surface area contributed by atoms with E-state index in [1.165, 1.54) is 4.57 Å². The molecule has 0 spiro atoms. The summed E-state index contributed by atoms with van der Waals surface area (Å²) in [6, 6.07) is 6.88. The molecular formula is C14H13ClN2O4. The molecule has 0 saturated carbocycles. The van der Waals surface area contributed by atoms with Crippen LogP contribution in [0.15, 0.2) is 40.7 Å². The largest absolute Gasteiger partial charge is 0.480 e. The third-order valence-corrected chi connectivity index (χ3v) is 2.85. The number of carbonyl (C=O) groups is 1. The van der Waals surface area contributed by atoms with Gasteiger partial charge in [0, 0.05) is 5.03 Å². The molecule has 0 bridgehead atoms. The van der Waals surface area contributed by atoms with Gasteiger partial charge in [-0.05, 0) is 12.1 Å². The highest BCUT2D eigenvalue weighted by Gasteiger charge is 2.12. The monoisotopic (exact) mass is 308 g/mol. The fourth-order valence-electron chi connectivity index (χ4n) is 1.89. The molecule has 0 saturated heterocycles. The zero-order valence-corrected chi connectivity index (χ0v) is 11.8. The lowest BCUT2D eigenvalue weighted by Crippen LogP contribution is -2.26. The van der Waals surface area contributed by atoms with E-state index in [4.69, 9.17) is 21.4 Å². The molecule has 0 aliphatic heterocycles. The second-order valence-corrected chi connectivity index (χ2v) is 4.87. The van der Waals surface area contributed by atoms with Gasteiger partial charge < -0.3 is 9.84 Å². The number of allylic oxidation sites excluding steroid dienone is 1. The van der Waals surface area contributed by atoms with Crippen molar-refractivity contribution < 1.29 is 14.6 Å². The quantitative estimate of drug-likeness (QED) is 0.879. The van der Waals surface area contributed by atoms with Gasteiger partial charge in [-0.15, -0.1) is 0 Å². The van der Waals surface area contributed by atoms with E-state index in [1.807, 2.05) is 0 Å². The van der Waals surface area contributed by atoms with Gasteiger partial charge in [-0.25, -0.2) is 9.78 Å². The Kier molecular flexibility index (Phi) is 4.72. The molecule has 0 amide bonds. The van der Waals surface area contributed by atoms with Crippen LogP contribution in [0.2, 0.25) is 0 Å². The number of carboxylic acids is 1. The van der Waals surface area contributed by atoms with Crippen molar-refractivity contribution in [2.75, 3.05) is 6.61 Å². The molecule has 2 rings (SSSR count). The van der Waals surface area contributed by atoms with Gasteiger partial charge in [-0.2, -0.15) is 0 Å². The van der Waals surface area contributed by atoms with E-state index in [0.29, 0.717) is 16.7 Å². The number of aromatic nitrogens is 2. The Balaban J connectivity index is 2.47. The zero-order chi connectivity index (χ0) is 15.4. The molecule has 7 heteroatoms. The van der Waals surface area contributed by atoms with Crippen LogP contribution in [0, 0.1) is 0 Å². The van der Waals surface area contributed by atoms with E-state index >= 15 is 0 Å². The van der Waals surface area contributed by atoms with E-state index in [2.05, 4.69) is 11.6 Å². The summed E-state index contributed by atoms with van der Waals surface area (Å²) in [6.45, 7) is 3.08. The number of para-hydroxylation sites is 1. The molecule has 1 N–H and O–H groups in total. The normalized spacial score (nSPS) is 10.7. The van der Waals surface area contributed by atoms with Gasteiger partial charge in [-0.1, -0.05) is 30.3 Å². The highest BCUT2D eigenvalue weighted by atomic mass is 35.5. The molecule has 0 fully saturated rings. The number of ether oxygens (including phenoxy) is 1. The maximum Gasteiger partial charge on any atom is 0.329 e. The number of fused-ring (bicyclic) bond motifs is 1. The first-order chi connectivity index (χ1) is 9.99. The van der Waals surface area contributed by atoms with Gasteiger partial charge in [0.2, 0.25) is 0 Å². The van der Waals surface area contributed by atoms with Crippen LogP contribution in [0.5, 0.6) is 0 Å². The van der Waals surface area contributed by atoms with E-state index in [1.54, 1.807) is 24.3 Å². The predicted molar refractivity (Wildman–Crippen MR) is 78.3 cm³/mol. The molecular weight excluding hydrogens is 296 g/mol. The number of aliphatic carboxylic acids is 1. The molecule has 6 nitrogen and oxygen atoms in total. The summed E-state index contributed by atoms with van der Waals surface area (Å²) in [4.78, 5) is 27.2. The van der Waals surface area contributed by atoms with Gasteiger partial charge >= 0.3 is 5.97 Å². The summed E-state index contributed by atoms with van der Waals surface area (Å²) >= 11 is 5.78. The Morgan fingerprint density at radius 2 is 2.14 bits per heavy atom. The summed E-state index contributed by atoms with van der Waals surface area (Å²) in [5, 5.41) is 9.31. The summed E-state index contributed by atoms with van der Waals surface area (Å²) < 4.78 is 6.35. The SMILES string of the molecule is C=C(Cl)Cn1c(COCC(=O)O)nc2ccccc2c1=O. The lowest BCUT2D eigenvalue weighted by molar-refractivity contribution is -0.142. The van der Waals surface area contributed by atoms with Crippen molar-refractivity contribution in [2.45, 2.75) is 13.2 Å². The van der Waals surface area contributed by atoms with Crippen LogP contribution < -0.4 is 5.56 Å². The fraction of sp³-hybridized carbons (Fsp3) is 0.214. The number of hydrogen-bond donors (Lipinski definition) is 1. The minimum atomic E-state index is -1.09. The second kappa shape index (κ2) is 6.51. The molecule has 1 heterocycles. The number of hydrogen-bond acceptors (Lipinski definition) is 4. The number of carboxylic acid groups (broad SMARTS) is 1. The van der Waals surface area contributed by atoms with Gasteiger partial charge in [0.15, 0.2) is 0 Å². The number of halogens is 1. The van der Waals surface area contributed by atoms with Crippen LogP contribution in [-0.4, -0.2) is 27.2 Å². The van der Waals surface area contributed by atoms with Gasteiger partial charge in [0.1, 0.15) is 19.0 Å². The van der Waals surface area contributed by atoms with E-state index in [9.17, 15) is 9.59 Å². The predicted octanol–water partition coefficient (Wildman–Crippen LogP) is 1.75. The van der Waals surface area contributed by atoms with E-state index < -0.39 is 12.6 Å². The van der Waals surface area contributed by atoms with Crippen molar-refractivity contribution in [3.8, 4) is 0 Å². The Morgan fingerprint density at radius 3 is 2.81 bits per heavy atom. The number of benzene rings is 1. The van der Waals surface area contributed by atoms with Crippen LogP contribution >= 0.6 is 11.6 Å². The highest BCUT2D eigenvalue weighted by molar-refractivity contribution is 6.29. The summed E-state index contributed by atoms with van der Waals surface area (Å²) in [5.41, 5.74) is 0.254. The van der Waals surface area contributed by atoms with Crippen LogP contribution in [0.4, 0.5) is 0 Å². The maximum absolute atomic E-state index is 12.4. The molecule has 0 aliphatic rings. The van der Waals surface area contributed by atoms with Gasteiger partial charge in [-0.3, -0.25) is 9.36 Å². The van der Waals surface area contributed by atoms with Crippen LogP contribution in [0.1, 0.15) is 5.82 Å². The summed E-state index contributed by atoms with van der Waals surface area (Å²) in [5.74, 6) is -0.784. The molecule has 110 valence electrons. The van der Waals surface area contributed by atoms with Crippen molar-refractivity contribution >= 4 is 28.5 Å². The third-order valence-electron chi connectivity index (χ3n) is 2.73. The molecule has 1 aromatic heterocycles. The molecule has 1 aromatic carbocycles. The van der Waals surface area contributed by atoms with Crippen molar-refractivity contribution in [2.24, 2.45) is 0 Å². The van der Waals surface area contributed by atoms with E-state index in [-0.39, 0.29) is 23.7 Å². The molecule has 0 radical (unpaired) electrons. The third kappa shape index (κ3) is 3.68. The van der Waals surface area contributed by atoms with Gasteiger partial charge in [0.05, 0.1) is 17.4 Å². The van der Waals surface area contributed by atoms with Crippen molar-refractivity contribution in [1.82, 2.24) is 9.55 Å². The summed E-state index contributed by atoms with van der Waals surface area (Å²) in [6.07, 6.45) is 0. The Morgan fingerprint density at radius 1 is 1.43 bits per heavy atom. The minimum Gasteiger partial charge on any atom is -0.480 e. The molecule has 0 aliphatic carbocycles. The molecule has 21 heavy (non-hydrogen) atoms. The van der Waals surface area contributed by atoms with Crippen molar-refractivity contribution in [1.29, 1.82) is 0 Å². The first-order valence-corrected chi connectivity index (χ1v) is 6.48. The average molecular weight is 309 g/mol. The van der Waals surface area contributed by atoms with Crippen LogP contribution in [0.3, 0.4) is 0 Å². The lowest BCUT2D eigenvalue weighted by atomic mass is 10.2. The highest BCUT2D eigenvalue weighted by Crippen LogP contribution is 2.11. The van der Waals surface area contributed by atoms with E-state index in [0.717, 1.165) is 0 Å². The fourth-order valence-corrected chi connectivity index (χ4v) is 2.01. The Bertz CT molecular complexity index is 754. The number of rotatable bonds is 6. The second-order valence-electron chi connectivity index (χ2n) is 4.34. The maximum atomic E-state index is 12.4. The lowest BCUT2D eigenvalue weighted by Gasteiger charge is -2.12. The van der Waals surface area contributed by atoms with Gasteiger partial charge in [0.25, 0.3) is 5.56 Å². The number of nitrogens with zero attached hydrogens (tertiary/aromatic N) is 2. The van der Waals surface area contributed by atoms with Crippen molar-refractivity contribution in [3.63, 3.8) is 0 Å². The van der Waals surface area contributed by atoms with Crippen LogP contribution in [-0.2, 0) is 22.7 Å². The molecule has 2 aromatic rings. The minimum absolute atomic E-state index is 0.0873. The smallest absolute Gasteiger partial charge is 0.329 e. The van der Waals surface area contributed by atoms with Crippen LogP contribution in [0.25, 0.3) is 10.9 Å². The summed E-state index contributed by atoms with van der Waals surface area (Å²) in [7, 11) is 0. The average Bonchev–Trinajstić information content (AvgIpc) is 2.42. The Hall–Kier alpha value is -2.18. The first kappa shape index (κ1) is 15.2. The van der Waals surface area contributed by atoms with Crippen molar-refractivity contribution in [3.05, 3.63) is 52.1 Å². The molecule has 0 unspecified atom stereocenters. The zero-order valence-electron chi connectivity index (χ0n) is 11.1. The Labute approximate surface area is 125 Å².